The second kappa shape index (κ2) is 8.15. The third-order valence-corrected chi connectivity index (χ3v) is 3.69. The summed E-state index contributed by atoms with van der Waals surface area (Å²) >= 11 is 0. The predicted molar refractivity (Wildman–Crippen MR) is 94.4 cm³/mol. The molecule has 0 aromatic heterocycles. The molecule has 0 bridgehead atoms. The number of hydrogen-bond acceptors (Lipinski definition) is 3. The standard InChI is InChI=1S/C19H22N2O3/c1-21(2)18(22)13-6-14-4-9-16(10-5-14)20-19(23)15-7-11-17(24-3)12-8-15/h4-5,7-12H,6,13H2,1-3H3,(H,20,23). The first-order chi connectivity index (χ1) is 11.5. The maximum Gasteiger partial charge on any atom is 0.255 e. The second-order valence-corrected chi connectivity index (χ2v) is 5.67. The summed E-state index contributed by atoms with van der Waals surface area (Å²) in [4.78, 5) is 25.4. The molecule has 0 unspecified atom stereocenters. The van der Waals surface area contributed by atoms with Gasteiger partial charge in [-0.2, -0.15) is 0 Å². The number of aryl methyl sites for hydroxylation is 1. The summed E-state index contributed by atoms with van der Waals surface area (Å²) in [7, 11) is 5.09. The number of methoxy groups -OCH3 is 1. The van der Waals surface area contributed by atoms with Crippen LogP contribution in [0.5, 0.6) is 5.75 Å². The van der Waals surface area contributed by atoms with Crippen molar-refractivity contribution in [3.8, 4) is 5.75 Å². The largest absolute Gasteiger partial charge is 0.497 e. The summed E-state index contributed by atoms with van der Waals surface area (Å²) in [5.74, 6) is 0.642. The Kier molecular flexibility index (Phi) is 5.95. The van der Waals surface area contributed by atoms with Gasteiger partial charge in [0.1, 0.15) is 5.75 Å². The minimum Gasteiger partial charge on any atom is -0.497 e. The number of rotatable bonds is 6. The SMILES string of the molecule is COc1ccc(C(=O)Nc2ccc(CCC(=O)N(C)C)cc2)cc1. The Morgan fingerprint density at radius 2 is 1.62 bits per heavy atom. The van der Waals surface area contributed by atoms with Crippen LogP contribution < -0.4 is 10.1 Å². The van der Waals surface area contributed by atoms with Gasteiger partial charge in [0.25, 0.3) is 5.91 Å². The zero-order chi connectivity index (χ0) is 17.5. The minimum atomic E-state index is -0.173. The number of carbonyl (C=O) groups excluding carboxylic acids is 2. The van der Waals surface area contributed by atoms with Crippen molar-refractivity contribution in [3.05, 3.63) is 59.7 Å². The van der Waals surface area contributed by atoms with Gasteiger partial charge in [-0.25, -0.2) is 0 Å². The Morgan fingerprint density at radius 1 is 1.00 bits per heavy atom. The molecule has 0 radical (unpaired) electrons. The lowest BCUT2D eigenvalue weighted by atomic mass is 10.1. The Morgan fingerprint density at radius 3 is 2.17 bits per heavy atom. The molecule has 2 amide bonds. The van der Waals surface area contributed by atoms with E-state index in [9.17, 15) is 9.59 Å². The molecule has 0 atom stereocenters. The van der Waals surface area contributed by atoms with E-state index in [1.807, 2.05) is 24.3 Å². The van der Waals surface area contributed by atoms with Crippen LogP contribution in [0.15, 0.2) is 48.5 Å². The van der Waals surface area contributed by atoms with E-state index in [0.29, 0.717) is 24.2 Å². The maximum absolute atomic E-state index is 12.2. The fraction of sp³-hybridized carbons (Fsp3) is 0.263. The van der Waals surface area contributed by atoms with Crippen LogP contribution >= 0.6 is 0 Å². The van der Waals surface area contributed by atoms with E-state index < -0.39 is 0 Å². The Bertz CT molecular complexity index is 692. The molecule has 24 heavy (non-hydrogen) atoms. The number of nitrogens with zero attached hydrogens (tertiary/aromatic N) is 1. The molecule has 5 heteroatoms. The number of carbonyl (C=O) groups is 2. The van der Waals surface area contributed by atoms with Gasteiger partial charge in [-0.15, -0.1) is 0 Å². The highest BCUT2D eigenvalue weighted by atomic mass is 16.5. The topological polar surface area (TPSA) is 58.6 Å². The van der Waals surface area contributed by atoms with E-state index in [4.69, 9.17) is 4.74 Å². The molecule has 0 fully saturated rings. The van der Waals surface area contributed by atoms with Gasteiger partial charge in [0.15, 0.2) is 0 Å². The van der Waals surface area contributed by atoms with Gasteiger partial charge < -0.3 is 15.0 Å². The quantitative estimate of drug-likeness (QED) is 0.888. The third-order valence-electron chi connectivity index (χ3n) is 3.69. The van der Waals surface area contributed by atoms with Crippen molar-refractivity contribution in [1.82, 2.24) is 4.90 Å². The lowest BCUT2D eigenvalue weighted by molar-refractivity contribution is -0.128. The van der Waals surface area contributed by atoms with Crippen LogP contribution in [-0.2, 0) is 11.2 Å². The maximum atomic E-state index is 12.2. The fourth-order valence-corrected chi connectivity index (χ4v) is 2.18. The molecule has 0 spiro atoms. The van der Waals surface area contributed by atoms with E-state index in [1.165, 1.54) is 0 Å². The van der Waals surface area contributed by atoms with Crippen molar-refractivity contribution in [2.24, 2.45) is 0 Å². The van der Waals surface area contributed by atoms with Gasteiger partial charge in [0.2, 0.25) is 5.91 Å². The van der Waals surface area contributed by atoms with Crippen molar-refractivity contribution in [1.29, 1.82) is 0 Å². The number of amides is 2. The highest BCUT2D eigenvalue weighted by Gasteiger charge is 2.07. The van der Waals surface area contributed by atoms with Crippen LogP contribution in [0.2, 0.25) is 0 Å². The van der Waals surface area contributed by atoms with Crippen LogP contribution in [-0.4, -0.2) is 37.9 Å². The summed E-state index contributed by atoms with van der Waals surface area (Å²) in [6.45, 7) is 0. The molecule has 1 N–H and O–H groups in total. The first-order valence-electron chi connectivity index (χ1n) is 7.74. The van der Waals surface area contributed by atoms with Crippen molar-refractivity contribution in [2.45, 2.75) is 12.8 Å². The van der Waals surface area contributed by atoms with Crippen molar-refractivity contribution < 1.29 is 14.3 Å². The van der Waals surface area contributed by atoms with E-state index in [-0.39, 0.29) is 11.8 Å². The first-order valence-corrected chi connectivity index (χ1v) is 7.74. The molecular weight excluding hydrogens is 304 g/mol. The summed E-state index contributed by atoms with van der Waals surface area (Å²) in [6.07, 6.45) is 1.16. The molecule has 0 aliphatic heterocycles. The monoisotopic (exact) mass is 326 g/mol. The molecule has 0 aliphatic rings. The van der Waals surface area contributed by atoms with Crippen LogP contribution in [0.3, 0.4) is 0 Å². The Balaban J connectivity index is 1.93. The normalized spacial score (nSPS) is 10.1. The number of nitrogens with one attached hydrogen (secondary N) is 1. The summed E-state index contributed by atoms with van der Waals surface area (Å²) < 4.78 is 5.08. The van der Waals surface area contributed by atoms with Gasteiger partial charge in [-0.1, -0.05) is 12.1 Å². The Hall–Kier alpha value is -2.82. The molecule has 2 aromatic carbocycles. The van der Waals surface area contributed by atoms with E-state index >= 15 is 0 Å². The van der Waals surface area contributed by atoms with Gasteiger partial charge in [-0.3, -0.25) is 9.59 Å². The molecule has 0 saturated carbocycles. The van der Waals surface area contributed by atoms with Crippen molar-refractivity contribution in [2.75, 3.05) is 26.5 Å². The first kappa shape index (κ1) is 17.5. The van der Waals surface area contributed by atoms with Crippen LogP contribution in [0.4, 0.5) is 5.69 Å². The van der Waals surface area contributed by atoms with E-state index in [2.05, 4.69) is 5.32 Å². The molecule has 5 nitrogen and oxygen atoms in total. The number of ether oxygens (including phenoxy) is 1. The zero-order valence-electron chi connectivity index (χ0n) is 14.2. The molecule has 2 rings (SSSR count). The van der Waals surface area contributed by atoms with Gasteiger partial charge in [0.05, 0.1) is 7.11 Å². The van der Waals surface area contributed by atoms with E-state index in [0.717, 1.165) is 11.3 Å². The number of hydrogen-bond donors (Lipinski definition) is 1. The van der Waals surface area contributed by atoms with Crippen molar-refractivity contribution >= 4 is 17.5 Å². The summed E-state index contributed by atoms with van der Waals surface area (Å²) in [5.41, 5.74) is 2.35. The van der Waals surface area contributed by atoms with Gasteiger partial charge in [0, 0.05) is 31.8 Å². The summed E-state index contributed by atoms with van der Waals surface area (Å²) in [5, 5.41) is 2.85. The lowest BCUT2D eigenvalue weighted by Crippen LogP contribution is -2.21. The van der Waals surface area contributed by atoms with Gasteiger partial charge >= 0.3 is 0 Å². The Labute approximate surface area is 142 Å². The van der Waals surface area contributed by atoms with Gasteiger partial charge in [-0.05, 0) is 48.4 Å². The minimum absolute atomic E-state index is 0.104. The molecule has 0 saturated heterocycles. The van der Waals surface area contributed by atoms with Crippen LogP contribution in [0.1, 0.15) is 22.3 Å². The average Bonchev–Trinajstić information content (AvgIpc) is 2.60. The number of benzene rings is 2. The lowest BCUT2D eigenvalue weighted by Gasteiger charge is -2.10. The molecule has 2 aromatic rings. The molecular formula is C19H22N2O3. The fourth-order valence-electron chi connectivity index (χ4n) is 2.18. The number of anilines is 1. The zero-order valence-corrected chi connectivity index (χ0v) is 14.2. The van der Waals surface area contributed by atoms with Crippen LogP contribution in [0, 0.1) is 0 Å². The average molecular weight is 326 g/mol. The predicted octanol–water partition coefficient (Wildman–Crippen LogP) is 2.97. The second-order valence-electron chi connectivity index (χ2n) is 5.67. The highest BCUT2D eigenvalue weighted by molar-refractivity contribution is 6.04. The summed E-state index contributed by atoms with van der Waals surface area (Å²) in [6, 6.07) is 14.5. The molecule has 126 valence electrons. The van der Waals surface area contributed by atoms with Crippen molar-refractivity contribution in [3.63, 3.8) is 0 Å². The smallest absolute Gasteiger partial charge is 0.255 e. The third kappa shape index (κ3) is 4.84. The van der Waals surface area contributed by atoms with E-state index in [1.54, 1.807) is 50.4 Å². The highest BCUT2D eigenvalue weighted by Crippen LogP contribution is 2.15. The molecule has 0 heterocycles. The molecule has 0 aliphatic carbocycles. The van der Waals surface area contributed by atoms with Crippen LogP contribution in [0.25, 0.3) is 0 Å².